The monoisotopic (exact) mass is 184 g/mol. The van der Waals surface area contributed by atoms with Crippen LogP contribution in [0, 0.1) is 11.3 Å². The van der Waals surface area contributed by atoms with Crippen molar-refractivity contribution in [3.63, 3.8) is 0 Å². The van der Waals surface area contributed by atoms with Crippen molar-refractivity contribution < 1.29 is 0 Å². The van der Waals surface area contributed by atoms with Crippen molar-refractivity contribution in [1.82, 2.24) is 15.5 Å². The van der Waals surface area contributed by atoms with Gasteiger partial charge in [0.15, 0.2) is 5.69 Å². The summed E-state index contributed by atoms with van der Waals surface area (Å²) in [6.45, 7) is 1.74. The van der Waals surface area contributed by atoms with Crippen LogP contribution in [0.2, 0.25) is 0 Å². The number of aromatic nitrogens is 2. The van der Waals surface area contributed by atoms with E-state index in [1.165, 1.54) is 0 Å². The summed E-state index contributed by atoms with van der Waals surface area (Å²) in [6.07, 6.45) is 0.948. The Kier molecular flexibility index (Phi) is 2.69. The van der Waals surface area contributed by atoms with E-state index in [1.54, 1.807) is 0 Å². The van der Waals surface area contributed by atoms with E-state index < -0.39 is 0 Å². The molecule has 1 aliphatic rings. The van der Waals surface area contributed by atoms with E-state index in [4.69, 9.17) is 5.26 Å². The zero-order valence-corrected chi connectivity index (χ0v) is 7.24. The predicted octanol–water partition coefficient (Wildman–Crippen LogP) is 0.349. The van der Waals surface area contributed by atoms with E-state index in [0.29, 0.717) is 5.69 Å². The van der Waals surface area contributed by atoms with Gasteiger partial charge in [0.2, 0.25) is 0 Å². The fraction of sp³-hybridized carbons (Fsp3) is 0.429. The molecular weight excluding hydrogens is 176 g/mol. The van der Waals surface area contributed by atoms with E-state index >= 15 is 0 Å². The van der Waals surface area contributed by atoms with Crippen molar-refractivity contribution in [2.75, 3.05) is 6.54 Å². The van der Waals surface area contributed by atoms with Gasteiger partial charge < -0.3 is 5.32 Å². The van der Waals surface area contributed by atoms with Crippen LogP contribution in [0.3, 0.4) is 0 Å². The number of hydrogen-bond acceptors (Lipinski definition) is 3. The summed E-state index contributed by atoms with van der Waals surface area (Å²) in [5, 5.41) is 18.6. The molecule has 0 spiro atoms. The third kappa shape index (κ3) is 1.29. The minimum absolute atomic E-state index is 0. The predicted molar refractivity (Wildman–Crippen MR) is 46.0 cm³/mol. The summed E-state index contributed by atoms with van der Waals surface area (Å²) in [7, 11) is 0. The second-order valence-corrected chi connectivity index (χ2v) is 2.57. The van der Waals surface area contributed by atoms with Gasteiger partial charge in [0.1, 0.15) is 6.07 Å². The van der Waals surface area contributed by atoms with Crippen LogP contribution in [-0.4, -0.2) is 16.7 Å². The molecule has 1 aromatic heterocycles. The van der Waals surface area contributed by atoms with Crippen molar-refractivity contribution in [1.29, 1.82) is 5.26 Å². The average molecular weight is 185 g/mol. The molecule has 0 unspecified atom stereocenters. The van der Waals surface area contributed by atoms with E-state index in [0.717, 1.165) is 30.8 Å². The number of nitriles is 1. The first-order valence-electron chi connectivity index (χ1n) is 3.59. The maximum Gasteiger partial charge on any atom is 0.166 e. The van der Waals surface area contributed by atoms with Crippen LogP contribution in [0.5, 0.6) is 0 Å². The first-order chi connectivity index (χ1) is 5.42. The Bertz CT molecular complexity index is 312. The van der Waals surface area contributed by atoms with Crippen molar-refractivity contribution in [2.24, 2.45) is 0 Å². The molecule has 0 atom stereocenters. The lowest BCUT2D eigenvalue weighted by molar-refractivity contribution is 0.636. The Labute approximate surface area is 76.4 Å². The molecule has 0 amide bonds. The lowest BCUT2D eigenvalue weighted by Gasteiger charge is -2.10. The van der Waals surface area contributed by atoms with Gasteiger partial charge in [0.05, 0.1) is 0 Å². The first-order valence-corrected chi connectivity index (χ1v) is 3.59. The molecule has 2 heterocycles. The van der Waals surface area contributed by atoms with Crippen LogP contribution in [-0.2, 0) is 13.0 Å². The number of fused-ring (bicyclic) bond motifs is 1. The maximum absolute atomic E-state index is 8.62. The van der Waals surface area contributed by atoms with Gasteiger partial charge in [-0.1, -0.05) is 0 Å². The van der Waals surface area contributed by atoms with Gasteiger partial charge in [-0.05, 0) is 0 Å². The second-order valence-electron chi connectivity index (χ2n) is 2.57. The van der Waals surface area contributed by atoms with Gasteiger partial charge in [0.25, 0.3) is 0 Å². The number of H-pyrrole nitrogens is 1. The molecule has 0 bridgehead atoms. The van der Waals surface area contributed by atoms with E-state index in [1.807, 2.05) is 0 Å². The minimum Gasteiger partial charge on any atom is -0.312 e. The quantitative estimate of drug-likeness (QED) is 0.612. The number of hydrogen-bond donors (Lipinski definition) is 2. The average Bonchev–Trinajstić information content (AvgIpc) is 2.47. The van der Waals surface area contributed by atoms with Crippen molar-refractivity contribution >= 4 is 12.4 Å². The zero-order chi connectivity index (χ0) is 7.68. The molecule has 12 heavy (non-hydrogen) atoms. The van der Waals surface area contributed by atoms with Crippen LogP contribution in [0.4, 0.5) is 0 Å². The van der Waals surface area contributed by atoms with Crippen LogP contribution in [0.15, 0.2) is 0 Å². The van der Waals surface area contributed by atoms with Gasteiger partial charge in [-0.25, -0.2) is 0 Å². The molecule has 1 aromatic rings. The molecule has 2 rings (SSSR count). The number of nitrogens with zero attached hydrogens (tertiary/aromatic N) is 2. The number of aromatic amines is 1. The summed E-state index contributed by atoms with van der Waals surface area (Å²) in [4.78, 5) is 0. The highest BCUT2D eigenvalue weighted by molar-refractivity contribution is 5.85. The van der Waals surface area contributed by atoms with E-state index in [2.05, 4.69) is 21.6 Å². The molecule has 0 aliphatic carbocycles. The topological polar surface area (TPSA) is 64.5 Å². The molecule has 0 saturated carbocycles. The highest BCUT2D eigenvalue weighted by atomic mass is 35.5. The summed E-state index contributed by atoms with van der Waals surface area (Å²) < 4.78 is 0. The van der Waals surface area contributed by atoms with Gasteiger partial charge in [-0.2, -0.15) is 10.4 Å². The Morgan fingerprint density at radius 3 is 3.08 bits per heavy atom. The molecule has 0 aromatic carbocycles. The van der Waals surface area contributed by atoms with Gasteiger partial charge in [0, 0.05) is 30.8 Å². The Morgan fingerprint density at radius 2 is 2.33 bits per heavy atom. The second kappa shape index (κ2) is 3.57. The fourth-order valence-corrected chi connectivity index (χ4v) is 1.32. The van der Waals surface area contributed by atoms with Crippen LogP contribution in [0.1, 0.15) is 17.0 Å². The van der Waals surface area contributed by atoms with E-state index in [-0.39, 0.29) is 12.4 Å². The Balaban J connectivity index is 0.000000720. The summed E-state index contributed by atoms with van der Waals surface area (Å²) in [6, 6.07) is 2.05. The first kappa shape index (κ1) is 9.04. The molecule has 0 fully saturated rings. The summed E-state index contributed by atoms with van der Waals surface area (Å²) >= 11 is 0. The molecule has 64 valence electrons. The van der Waals surface area contributed by atoms with E-state index in [9.17, 15) is 0 Å². The SMILES string of the molecule is Cl.N#Cc1n[nH]c2c1CNCC2. The third-order valence-corrected chi connectivity index (χ3v) is 1.91. The number of rotatable bonds is 0. The van der Waals surface area contributed by atoms with Crippen LogP contribution < -0.4 is 5.32 Å². The van der Waals surface area contributed by atoms with Crippen molar-refractivity contribution in [3.05, 3.63) is 17.0 Å². The summed E-state index contributed by atoms with van der Waals surface area (Å²) in [5.74, 6) is 0. The molecule has 2 N–H and O–H groups in total. The zero-order valence-electron chi connectivity index (χ0n) is 6.42. The normalized spacial score (nSPS) is 14.2. The lowest BCUT2D eigenvalue weighted by Crippen LogP contribution is -2.23. The van der Waals surface area contributed by atoms with Crippen molar-refractivity contribution in [3.8, 4) is 6.07 Å². The Morgan fingerprint density at radius 1 is 1.50 bits per heavy atom. The maximum atomic E-state index is 8.62. The highest BCUT2D eigenvalue weighted by Crippen LogP contribution is 2.13. The highest BCUT2D eigenvalue weighted by Gasteiger charge is 2.15. The van der Waals surface area contributed by atoms with Gasteiger partial charge >= 0.3 is 0 Å². The smallest absolute Gasteiger partial charge is 0.166 e. The van der Waals surface area contributed by atoms with Crippen LogP contribution in [0.25, 0.3) is 0 Å². The number of halogens is 1. The third-order valence-electron chi connectivity index (χ3n) is 1.91. The van der Waals surface area contributed by atoms with Crippen molar-refractivity contribution in [2.45, 2.75) is 13.0 Å². The Hall–Kier alpha value is -1.05. The fourth-order valence-electron chi connectivity index (χ4n) is 1.32. The molecule has 4 nitrogen and oxygen atoms in total. The number of nitrogens with one attached hydrogen (secondary N) is 2. The molecule has 0 radical (unpaired) electrons. The molecular formula is C7H9ClN4. The molecule has 1 aliphatic heterocycles. The van der Waals surface area contributed by atoms with Gasteiger partial charge in [-0.15, -0.1) is 12.4 Å². The van der Waals surface area contributed by atoms with Gasteiger partial charge in [-0.3, -0.25) is 5.10 Å². The standard InChI is InChI=1S/C7H8N4.ClH/c8-3-7-5-4-9-2-1-6(5)10-11-7;/h9H,1-2,4H2,(H,10,11);1H. The molecule has 0 saturated heterocycles. The summed E-state index contributed by atoms with van der Waals surface area (Å²) in [5.41, 5.74) is 2.69. The lowest BCUT2D eigenvalue weighted by atomic mass is 10.1. The largest absolute Gasteiger partial charge is 0.312 e. The van der Waals surface area contributed by atoms with Crippen LogP contribution >= 0.6 is 12.4 Å². The minimum atomic E-state index is 0. The molecule has 5 heteroatoms.